The lowest BCUT2D eigenvalue weighted by molar-refractivity contribution is 0.0983. The number of nitrogens with one attached hydrogen (secondary N) is 2. The molecule has 1 amide bonds. The molecular weight excluding hydrogens is 372 g/mol. The second kappa shape index (κ2) is 10.1. The first kappa shape index (κ1) is 21.6. The second-order valence-electron chi connectivity index (χ2n) is 8.03. The maximum absolute atomic E-state index is 12.1. The predicted octanol–water partition coefficient (Wildman–Crippen LogP) is 1.99. The molecule has 0 unspecified atom stereocenters. The molecule has 8 heteroatoms. The van der Waals surface area contributed by atoms with Crippen molar-refractivity contribution in [1.82, 2.24) is 9.80 Å². The summed E-state index contributed by atoms with van der Waals surface area (Å²) in [5.74, 6) is 0. The standard InChI is InChI=1S/C21H34N4O4/c1-3-16-7-5-6-11-24(16)14-10-22-17-18(20(27)19(17)26)23-15-8-12-25(13-9-15)21(28)29-4-2/h15-16,22-23H,3-14H2,1-2H3/t16-/m1/s1. The van der Waals surface area contributed by atoms with E-state index in [4.69, 9.17) is 4.74 Å². The minimum Gasteiger partial charge on any atom is -0.450 e. The lowest BCUT2D eigenvalue weighted by atomic mass is 10.0. The van der Waals surface area contributed by atoms with Crippen LogP contribution in [0.5, 0.6) is 0 Å². The Morgan fingerprint density at radius 1 is 1.03 bits per heavy atom. The molecule has 0 aromatic heterocycles. The van der Waals surface area contributed by atoms with Crippen LogP contribution < -0.4 is 21.5 Å². The van der Waals surface area contributed by atoms with Crippen LogP contribution in [0.3, 0.4) is 0 Å². The average Bonchev–Trinajstić information content (AvgIpc) is 2.76. The van der Waals surface area contributed by atoms with E-state index >= 15 is 0 Å². The zero-order valence-electron chi connectivity index (χ0n) is 17.7. The van der Waals surface area contributed by atoms with E-state index in [-0.39, 0.29) is 12.1 Å². The van der Waals surface area contributed by atoms with Crippen LogP contribution in [0.1, 0.15) is 52.4 Å². The molecule has 1 atom stereocenters. The van der Waals surface area contributed by atoms with Gasteiger partial charge in [-0.05, 0) is 45.6 Å². The Morgan fingerprint density at radius 2 is 1.76 bits per heavy atom. The summed E-state index contributed by atoms with van der Waals surface area (Å²) in [5.41, 5.74) is -0.0324. The minimum absolute atomic E-state index is 0.0797. The predicted molar refractivity (Wildman–Crippen MR) is 115 cm³/mol. The minimum atomic E-state index is -0.440. The summed E-state index contributed by atoms with van der Waals surface area (Å²) < 4.78 is 5.03. The number of hydrogen-bond acceptors (Lipinski definition) is 7. The van der Waals surface area contributed by atoms with Crippen molar-refractivity contribution in [2.45, 2.75) is 64.5 Å². The van der Waals surface area contributed by atoms with Gasteiger partial charge in [-0.2, -0.15) is 0 Å². The van der Waals surface area contributed by atoms with Crippen LogP contribution >= 0.6 is 0 Å². The van der Waals surface area contributed by atoms with Crippen molar-refractivity contribution >= 4 is 17.5 Å². The van der Waals surface area contributed by atoms with E-state index in [1.165, 1.54) is 19.3 Å². The van der Waals surface area contributed by atoms with E-state index in [0.717, 1.165) is 32.4 Å². The molecule has 2 heterocycles. The van der Waals surface area contributed by atoms with E-state index in [9.17, 15) is 14.4 Å². The van der Waals surface area contributed by atoms with Gasteiger partial charge < -0.3 is 20.3 Å². The molecule has 162 valence electrons. The lowest BCUT2D eigenvalue weighted by Crippen LogP contribution is -2.46. The zero-order chi connectivity index (χ0) is 20.8. The quantitative estimate of drug-likeness (QED) is 0.638. The number of carbonyl (C=O) groups is 1. The number of carbonyl (C=O) groups excluding carboxylic acids is 1. The third kappa shape index (κ3) is 5.10. The lowest BCUT2D eigenvalue weighted by Gasteiger charge is -2.35. The van der Waals surface area contributed by atoms with Gasteiger partial charge in [0.1, 0.15) is 11.4 Å². The molecule has 3 rings (SSSR count). The SMILES string of the molecule is CCOC(=O)N1CCC(Nc2c(NCCN3CCCC[C@H]3CC)c(=O)c2=O)CC1. The van der Waals surface area contributed by atoms with Crippen LogP contribution in [0, 0.1) is 0 Å². The maximum Gasteiger partial charge on any atom is 0.409 e. The van der Waals surface area contributed by atoms with Gasteiger partial charge in [-0.3, -0.25) is 14.5 Å². The monoisotopic (exact) mass is 406 g/mol. The van der Waals surface area contributed by atoms with Gasteiger partial charge in [-0.15, -0.1) is 0 Å². The van der Waals surface area contributed by atoms with Crippen LogP contribution in [0.25, 0.3) is 0 Å². The highest BCUT2D eigenvalue weighted by atomic mass is 16.6. The van der Waals surface area contributed by atoms with Crippen molar-refractivity contribution in [2.75, 3.05) is 50.0 Å². The largest absolute Gasteiger partial charge is 0.450 e. The van der Waals surface area contributed by atoms with Gasteiger partial charge in [-0.1, -0.05) is 13.3 Å². The summed E-state index contributed by atoms with van der Waals surface area (Å²) in [5, 5.41) is 6.44. The fraction of sp³-hybridized carbons (Fsp3) is 0.762. The molecule has 2 aliphatic rings. The average molecular weight is 407 g/mol. The van der Waals surface area contributed by atoms with E-state index in [1.54, 1.807) is 11.8 Å². The first-order valence-electron chi connectivity index (χ1n) is 11.0. The van der Waals surface area contributed by atoms with E-state index in [2.05, 4.69) is 22.5 Å². The number of nitrogens with zero attached hydrogens (tertiary/aromatic N) is 2. The Hall–Kier alpha value is -2.09. The summed E-state index contributed by atoms with van der Waals surface area (Å²) in [6.07, 6.45) is 6.08. The Morgan fingerprint density at radius 3 is 2.45 bits per heavy atom. The van der Waals surface area contributed by atoms with Crippen LogP contribution in [0.4, 0.5) is 16.2 Å². The van der Waals surface area contributed by atoms with Crippen LogP contribution in [0.15, 0.2) is 9.59 Å². The van der Waals surface area contributed by atoms with E-state index in [1.807, 2.05) is 0 Å². The number of hydrogen-bond donors (Lipinski definition) is 2. The molecule has 2 N–H and O–H groups in total. The molecule has 0 saturated carbocycles. The Bertz CT molecular complexity index is 750. The topological polar surface area (TPSA) is 91.0 Å². The van der Waals surface area contributed by atoms with Gasteiger partial charge >= 0.3 is 6.09 Å². The molecule has 1 aromatic carbocycles. The highest BCUT2D eigenvalue weighted by Crippen LogP contribution is 2.22. The first-order chi connectivity index (χ1) is 14.0. The van der Waals surface area contributed by atoms with Crippen LogP contribution in [-0.4, -0.2) is 67.3 Å². The molecule has 2 fully saturated rings. The first-order valence-corrected chi connectivity index (χ1v) is 11.0. The highest BCUT2D eigenvalue weighted by Gasteiger charge is 2.28. The van der Waals surface area contributed by atoms with Gasteiger partial charge in [0.2, 0.25) is 0 Å². The Labute approximate surface area is 172 Å². The number of rotatable bonds is 8. The van der Waals surface area contributed by atoms with Crippen LogP contribution in [-0.2, 0) is 4.74 Å². The molecule has 0 aliphatic carbocycles. The fourth-order valence-corrected chi connectivity index (χ4v) is 4.46. The molecule has 2 saturated heterocycles. The smallest absolute Gasteiger partial charge is 0.409 e. The van der Waals surface area contributed by atoms with E-state index < -0.39 is 10.9 Å². The molecule has 8 nitrogen and oxygen atoms in total. The summed E-state index contributed by atoms with van der Waals surface area (Å²) >= 11 is 0. The van der Waals surface area contributed by atoms with Gasteiger partial charge in [0.15, 0.2) is 0 Å². The third-order valence-corrected chi connectivity index (χ3v) is 6.20. The van der Waals surface area contributed by atoms with Gasteiger partial charge in [0.05, 0.1) is 6.61 Å². The molecule has 29 heavy (non-hydrogen) atoms. The molecule has 0 bridgehead atoms. The van der Waals surface area contributed by atoms with E-state index in [0.29, 0.717) is 43.7 Å². The van der Waals surface area contributed by atoms with Gasteiger partial charge in [-0.25, -0.2) is 4.79 Å². The Balaban J connectivity index is 1.48. The van der Waals surface area contributed by atoms with Crippen molar-refractivity contribution in [2.24, 2.45) is 0 Å². The molecule has 2 aliphatic heterocycles. The van der Waals surface area contributed by atoms with Crippen molar-refractivity contribution in [1.29, 1.82) is 0 Å². The summed E-state index contributed by atoms with van der Waals surface area (Å²) in [6.45, 7) is 8.21. The molecule has 0 radical (unpaired) electrons. The fourth-order valence-electron chi connectivity index (χ4n) is 4.46. The highest BCUT2D eigenvalue weighted by molar-refractivity contribution is 5.74. The maximum atomic E-state index is 12.1. The zero-order valence-corrected chi connectivity index (χ0v) is 17.7. The number of piperidine rings is 2. The normalized spacial score (nSPS) is 21.3. The molecule has 1 aromatic rings. The molecule has 0 spiro atoms. The van der Waals surface area contributed by atoms with Crippen molar-refractivity contribution in [3.05, 3.63) is 20.4 Å². The van der Waals surface area contributed by atoms with Gasteiger partial charge in [0, 0.05) is 38.3 Å². The van der Waals surface area contributed by atoms with Crippen molar-refractivity contribution in [3.63, 3.8) is 0 Å². The number of likely N-dealkylation sites (tertiary alicyclic amines) is 2. The summed E-state index contributed by atoms with van der Waals surface area (Å²) in [6, 6.07) is 0.705. The third-order valence-electron chi connectivity index (χ3n) is 6.20. The number of amides is 1. The Kier molecular flexibility index (Phi) is 7.52. The number of anilines is 2. The number of ether oxygens (including phenoxy) is 1. The van der Waals surface area contributed by atoms with Gasteiger partial charge in [0.25, 0.3) is 10.9 Å². The summed E-state index contributed by atoms with van der Waals surface area (Å²) in [4.78, 5) is 40.1. The van der Waals surface area contributed by atoms with Crippen molar-refractivity contribution < 1.29 is 9.53 Å². The van der Waals surface area contributed by atoms with Crippen molar-refractivity contribution in [3.8, 4) is 0 Å². The second-order valence-corrected chi connectivity index (χ2v) is 8.03. The summed E-state index contributed by atoms with van der Waals surface area (Å²) in [7, 11) is 0. The molecular formula is C21H34N4O4. The van der Waals surface area contributed by atoms with Crippen LogP contribution in [0.2, 0.25) is 0 Å².